The highest BCUT2D eigenvalue weighted by molar-refractivity contribution is 5.83. The van der Waals surface area contributed by atoms with Crippen molar-refractivity contribution in [3.8, 4) is 16.9 Å². The number of rotatable bonds is 3. The largest absolute Gasteiger partial charge is 0.371 e. The first-order valence-electron chi connectivity index (χ1n) is 10.7. The van der Waals surface area contributed by atoms with Crippen LogP contribution in [0, 0.1) is 0 Å². The number of aromatic nitrogens is 3. The lowest BCUT2D eigenvalue weighted by Crippen LogP contribution is -2.13. The SMILES string of the molecule is c1ccc(-c2nn(-c3ccccc3)c3c2C(c2ccccn2)Nc2ccccc2N3)cc1. The zero-order chi connectivity index (χ0) is 21.3. The van der Waals surface area contributed by atoms with Crippen LogP contribution in [0.1, 0.15) is 17.3 Å². The van der Waals surface area contributed by atoms with E-state index < -0.39 is 0 Å². The average Bonchev–Trinajstić information content (AvgIpc) is 3.14. The van der Waals surface area contributed by atoms with Crippen molar-refractivity contribution in [3.05, 3.63) is 121 Å². The third-order valence-corrected chi connectivity index (χ3v) is 5.72. The second-order valence-electron chi connectivity index (χ2n) is 7.73. The Labute approximate surface area is 186 Å². The molecule has 2 N–H and O–H groups in total. The topological polar surface area (TPSA) is 54.8 Å². The standard InChI is InChI=1S/C27H21N5/c1-3-11-19(12-4-1)25-24-26(23-17-9-10-18-28-23)29-21-15-7-8-16-22(21)30-27(24)32(31-25)20-13-5-2-6-14-20/h1-18,26,29-30H. The molecule has 1 aliphatic rings. The summed E-state index contributed by atoms with van der Waals surface area (Å²) >= 11 is 0. The zero-order valence-corrected chi connectivity index (χ0v) is 17.3. The summed E-state index contributed by atoms with van der Waals surface area (Å²) in [7, 11) is 0. The van der Waals surface area contributed by atoms with E-state index in [9.17, 15) is 0 Å². The molecule has 1 unspecified atom stereocenters. The molecule has 0 aliphatic carbocycles. The third kappa shape index (κ3) is 3.11. The quantitative estimate of drug-likeness (QED) is 0.369. The molecular weight excluding hydrogens is 394 g/mol. The monoisotopic (exact) mass is 415 g/mol. The summed E-state index contributed by atoms with van der Waals surface area (Å²) in [6.07, 6.45) is 1.84. The van der Waals surface area contributed by atoms with E-state index in [2.05, 4.69) is 53.1 Å². The fourth-order valence-corrected chi connectivity index (χ4v) is 4.23. The van der Waals surface area contributed by atoms with E-state index in [-0.39, 0.29) is 6.04 Å². The summed E-state index contributed by atoms with van der Waals surface area (Å²) in [5, 5.41) is 12.5. The Morgan fingerprint density at radius 2 is 1.38 bits per heavy atom. The molecule has 0 saturated heterocycles. The predicted octanol–water partition coefficient (Wildman–Crippen LogP) is 6.19. The van der Waals surface area contributed by atoms with Crippen LogP contribution in [0.5, 0.6) is 0 Å². The molecule has 3 heterocycles. The Bertz CT molecular complexity index is 1360. The lowest BCUT2D eigenvalue weighted by molar-refractivity contribution is 0.887. The van der Waals surface area contributed by atoms with Gasteiger partial charge in [0.25, 0.3) is 0 Å². The van der Waals surface area contributed by atoms with Crippen LogP contribution >= 0.6 is 0 Å². The van der Waals surface area contributed by atoms with E-state index in [1.54, 1.807) is 0 Å². The summed E-state index contributed by atoms with van der Waals surface area (Å²) < 4.78 is 2.00. The first-order valence-corrected chi connectivity index (χ1v) is 10.7. The van der Waals surface area contributed by atoms with Crippen LogP contribution in [0.15, 0.2) is 109 Å². The van der Waals surface area contributed by atoms with Crippen LogP contribution < -0.4 is 10.6 Å². The van der Waals surface area contributed by atoms with Crippen molar-refractivity contribution < 1.29 is 0 Å². The number of fused-ring (bicyclic) bond motifs is 2. The second-order valence-corrected chi connectivity index (χ2v) is 7.73. The zero-order valence-electron chi connectivity index (χ0n) is 17.3. The highest BCUT2D eigenvalue weighted by Gasteiger charge is 2.32. The van der Waals surface area contributed by atoms with Gasteiger partial charge in [0.15, 0.2) is 0 Å². The number of para-hydroxylation sites is 3. The van der Waals surface area contributed by atoms with E-state index in [0.29, 0.717) is 0 Å². The Balaban J connectivity index is 1.67. The molecule has 0 fully saturated rings. The van der Waals surface area contributed by atoms with Crippen molar-refractivity contribution in [2.24, 2.45) is 0 Å². The Hall–Kier alpha value is -4.38. The van der Waals surface area contributed by atoms with Gasteiger partial charge in [-0.3, -0.25) is 4.98 Å². The number of anilines is 3. The first kappa shape index (κ1) is 18.4. The minimum Gasteiger partial charge on any atom is -0.371 e. The van der Waals surface area contributed by atoms with Crippen LogP contribution in [0.2, 0.25) is 0 Å². The Morgan fingerprint density at radius 1 is 0.688 bits per heavy atom. The van der Waals surface area contributed by atoms with Gasteiger partial charge in [-0.2, -0.15) is 5.10 Å². The van der Waals surface area contributed by atoms with Gasteiger partial charge >= 0.3 is 0 Å². The normalized spacial score (nSPS) is 14.4. The van der Waals surface area contributed by atoms with E-state index in [4.69, 9.17) is 10.1 Å². The summed E-state index contributed by atoms with van der Waals surface area (Å²) in [6.45, 7) is 0. The molecule has 6 rings (SSSR count). The average molecular weight is 416 g/mol. The van der Waals surface area contributed by atoms with Gasteiger partial charge in [0.05, 0.1) is 34.4 Å². The van der Waals surface area contributed by atoms with E-state index in [1.807, 2.05) is 71.5 Å². The lowest BCUT2D eigenvalue weighted by atomic mass is 9.98. The van der Waals surface area contributed by atoms with Crippen molar-refractivity contribution in [2.75, 3.05) is 10.6 Å². The molecule has 154 valence electrons. The number of nitrogens with one attached hydrogen (secondary N) is 2. The molecule has 0 saturated carbocycles. The molecule has 0 bridgehead atoms. The van der Waals surface area contributed by atoms with Gasteiger partial charge in [-0.05, 0) is 36.4 Å². The van der Waals surface area contributed by atoms with Gasteiger partial charge in [-0.1, -0.05) is 66.7 Å². The second kappa shape index (κ2) is 7.71. The fourth-order valence-electron chi connectivity index (χ4n) is 4.23. The maximum atomic E-state index is 5.11. The summed E-state index contributed by atoms with van der Waals surface area (Å²) in [4.78, 5) is 4.71. The summed E-state index contributed by atoms with van der Waals surface area (Å²) in [5.41, 5.74) is 7.02. The van der Waals surface area contributed by atoms with Crippen LogP contribution in [-0.2, 0) is 0 Å². The molecular formula is C27H21N5. The molecule has 0 radical (unpaired) electrons. The Morgan fingerprint density at radius 3 is 2.12 bits per heavy atom. The maximum Gasteiger partial charge on any atom is 0.140 e. The van der Waals surface area contributed by atoms with Gasteiger partial charge in [0.1, 0.15) is 11.5 Å². The van der Waals surface area contributed by atoms with Gasteiger partial charge < -0.3 is 10.6 Å². The molecule has 3 aromatic carbocycles. The smallest absolute Gasteiger partial charge is 0.140 e. The molecule has 0 amide bonds. The predicted molar refractivity (Wildman–Crippen MR) is 128 cm³/mol. The van der Waals surface area contributed by atoms with Gasteiger partial charge in [-0.25, -0.2) is 4.68 Å². The van der Waals surface area contributed by atoms with Crippen LogP contribution in [0.3, 0.4) is 0 Å². The van der Waals surface area contributed by atoms with E-state index in [0.717, 1.165) is 45.4 Å². The van der Waals surface area contributed by atoms with Gasteiger partial charge in [0, 0.05) is 11.8 Å². The van der Waals surface area contributed by atoms with Crippen molar-refractivity contribution >= 4 is 17.2 Å². The number of hydrogen-bond acceptors (Lipinski definition) is 4. The van der Waals surface area contributed by atoms with E-state index >= 15 is 0 Å². The van der Waals surface area contributed by atoms with E-state index in [1.165, 1.54) is 0 Å². The molecule has 1 aliphatic heterocycles. The summed E-state index contributed by atoms with van der Waals surface area (Å²) in [6, 6.07) is 34.7. The number of nitrogens with zero attached hydrogens (tertiary/aromatic N) is 3. The first-order chi connectivity index (χ1) is 15.9. The van der Waals surface area contributed by atoms with Crippen LogP contribution in [-0.4, -0.2) is 14.8 Å². The molecule has 32 heavy (non-hydrogen) atoms. The van der Waals surface area contributed by atoms with Crippen molar-refractivity contribution in [2.45, 2.75) is 6.04 Å². The summed E-state index contributed by atoms with van der Waals surface area (Å²) in [5.74, 6) is 0.933. The fraction of sp³-hybridized carbons (Fsp3) is 0.0370. The minimum atomic E-state index is -0.171. The third-order valence-electron chi connectivity index (χ3n) is 5.72. The van der Waals surface area contributed by atoms with Crippen molar-refractivity contribution in [3.63, 3.8) is 0 Å². The Kier molecular flexibility index (Phi) is 4.43. The van der Waals surface area contributed by atoms with Gasteiger partial charge in [0.2, 0.25) is 0 Å². The molecule has 5 nitrogen and oxygen atoms in total. The molecule has 0 spiro atoms. The van der Waals surface area contributed by atoms with Crippen molar-refractivity contribution in [1.82, 2.24) is 14.8 Å². The van der Waals surface area contributed by atoms with Crippen LogP contribution in [0.4, 0.5) is 17.2 Å². The van der Waals surface area contributed by atoms with Crippen molar-refractivity contribution in [1.29, 1.82) is 0 Å². The highest BCUT2D eigenvalue weighted by atomic mass is 15.3. The molecule has 5 aromatic rings. The minimum absolute atomic E-state index is 0.171. The van der Waals surface area contributed by atoms with Crippen LogP contribution in [0.25, 0.3) is 16.9 Å². The molecule has 5 heteroatoms. The number of pyridine rings is 1. The maximum absolute atomic E-state index is 5.11. The number of hydrogen-bond donors (Lipinski definition) is 2. The molecule has 2 aromatic heterocycles. The highest BCUT2D eigenvalue weighted by Crippen LogP contribution is 2.44. The molecule has 1 atom stereocenters. The number of benzene rings is 3. The lowest BCUT2D eigenvalue weighted by Gasteiger charge is -2.19. The van der Waals surface area contributed by atoms with Gasteiger partial charge in [-0.15, -0.1) is 0 Å².